The van der Waals surface area contributed by atoms with Gasteiger partial charge in [0.25, 0.3) is 5.91 Å². The first kappa shape index (κ1) is 14.4. The molecule has 1 saturated carbocycles. The van der Waals surface area contributed by atoms with Crippen molar-refractivity contribution in [3.05, 3.63) is 30.0 Å². The number of amides is 1. The van der Waals surface area contributed by atoms with Crippen LogP contribution in [0.15, 0.2) is 24.3 Å². The van der Waals surface area contributed by atoms with Gasteiger partial charge in [-0.05, 0) is 24.8 Å². The summed E-state index contributed by atoms with van der Waals surface area (Å²) in [5.41, 5.74) is 1.48. The summed E-state index contributed by atoms with van der Waals surface area (Å²) in [6, 6.07) is 7.97. The van der Waals surface area contributed by atoms with E-state index in [0.717, 1.165) is 30.2 Å². The average molecular weight is 306 g/mol. The quantitative estimate of drug-likeness (QED) is 0.886. The molecule has 2 aromatic rings. The monoisotopic (exact) mass is 305 g/mol. The van der Waals surface area contributed by atoms with E-state index in [4.69, 9.17) is 11.6 Å². The van der Waals surface area contributed by atoms with Crippen molar-refractivity contribution >= 4 is 28.4 Å². The van der Waals surface area contributed by atoms with Gasteiger partial charge in [0.15, 0.2) is 5.69 Å². The summed E-state index contributed by atoms with van der Waals surface area (Å²) in [4.78, 5) is 12.6. The number of fused-ring (bicyclic) bond motifs is 1. The molecule has 1 aliphatic rings. The van der Waals surface area contributed by atoms with E-state index in [-0.39, 0.29) is 11.9 Å². The maximum absolute atomic E-state index is 12.6. The van der Waals surface area contributed by atoms with E-state index in [1.165, 1.54) is 6.42 Å². The lowest BCUT2D eigenvalue weighted by molar-refractivity contribution is 0.0907. The molecular formula is C16H20ClN3O. The fourth-order valence-corrected chi connectivity index (χ4v) is 3.57. The number of alkyl halides is 1. The Morgan fingerprint density at radius 3 is 2.95 bits per heavy atom. The van der Waals surface area contributed by atoms with Gasteiger partial charge in [0.1, 0.15) is 0 Å². The molecule has 2 atom stereocenters. The van der Waals surface area contributed by atoms with Crippen LogP contribution in [0.2, 0.25) is 0 Å². The van der Waals surface area contributed by atoms with E-state index in [1.807, 2.05) is 31.3 Å². The first-order chi connectivity index (χ1) is 10.2. The van der Waals surface area contributed by atoms with Crippen LogP contribution >= 0.6 is 11.6 Å². The van der Waals surface area contributed by atoms with Crippen LogP contribution < -0.4 is 5.32 Å². The molecule has 112 valence electrons. The number of hydrogen-bond donors (Lipinski definition) is 1. The van der Waals surface area contributed by atoms with Crippen LogP contribution in [0.4, 0.5) is 0 Å². The van der Waals surface area contributed by atoms with Crippen molar-refractivity contribution in [1.29, 1.82) is 0 Å². The Morgan fingerprint density at radius 2 is 2.14 bits per heavy atom. The number of aryl methyl sites for hydroxylation is 1. The van der Waals surface area contributed by atoms with E-state index in [0.29, 0.717) is 17.5 Å². The number of rotatable bonds is 3. The van der Waals surface area contributed by atoms with E-state index in [1.54, 1.807) is 4.68 Å². The Morgan fingerprint density at radius 1 is 1.38 bits per heavy atom. The smallest absolute Gasteiger partial charge is 0.272 e. The minimum Gasteiger partial charge on any atom is -0.348 e. The van der Waals surface area contributed by atoms with Crippen LogP contribution in [0.25, 0.3) is 10.9 Å². The van der Waals surface area contributed by atoms with Crippen molar-refractivity contribution in [3.63, 3.8) is 0 Å². The fraction of sp³-hybridized carbons (Fsp3) is 0.500. The Balaban J connectivity index is 1.84. The summed E-state index contributed by atoms with van der Waals surface area (Å²) in [5.74, 6) is 0.890. The zero-order valence-corrected chi connectivity index (χ0v) is 12.9. The Labute approximate surface area is 129 Å². The number of halogens is 1. The van der Waals surface area contributed by atoms with Gasteiger partial charge in [-0.25, -0.2) is 0 Å². The van der Waals surface area contributed by atoms with Gasteiger partial charge >= 0.3 is 0 Å². The predicted octanol–water partition coefficient (Wildman–Crippen LogP) is 3.10. The third-order valence-corrected chi connectivity index (χ3v) is 4.79. The molecule has 0 aliphatic heterocycles. The molecule has 0 saturated heterocycles. The number of nitrogens with zero attached hydrogens (tertiary/aromatic N) is 2. The van der Waals surface area contributed by atoms with Crippen molar-refractivity contribution in [3.8, 4) is 0 Å². The van der Waals surface area contributed by atoms with E-state index in [2.05, 4.69) is 10.4 Å². The second kappa shape index (κ2) is 6.06. The SMILES string of the molecule is Cn1nc(C(=O)NC2CCCCC2CCl)c2ccccc21. The second-order valence-electron chi connectivity index (χ2n) is 5.77. The molecule has 1 aliphatic carbocycles. The van der Waals surface area contributed by atoms with Gasteiger partial charge in [-0.2, -0.15) is 5.10 Å². The highest BCUT2D eigenvalue weighted by Gasteiger charge is 2.27. The predicted molar refractivity (Wildman–Crippen MR) is 84.6 cm³/mol. The van der Waals surface area contributed by atoms with Crippen LogP contribution in [-0.4, -0.2) is 27.6 Å². The van der Waals surface area contributed by atoms with Gasteiger partial charge in [-0.1, -0.05) is 31.0 Å². The van der Waals surface area contributed by atoms with Crippen molar-refractivity contribution in [2.45, 2.75) is 31.7 Å². The topological polar surface area (TPSA) is 46.9 Å². The maximum Gasteiger partial charge on any atom is 0.272 e. The Bertz CT molecular complexity index is 652. The molecule has 3 rings (SSSR count). The van der Waals surface area contributed by atoms with E-state index in [9.17, 15) is 4.79 Å². The van der Waals surface area contributed by atoms with Gasteiger partial charge in [-0.15, -0.1) is 11.6 Å². The first-order valence-electron chi connectivity index (χ1n) is 7.49. The summed E-state index contributed by atoms with van der Waals surface area (Å²) in [7, 11) is 1.86. The van der Waals surface area contributed by atoms with Gasteiger partial charge in [0.2, 0.25) is 0 Å². The molecule has 1 amide bonds. The van der Waals surface area contributed by atoms with Gasteiger partial charge in [0, 0.05) is 24.4 Å². The molecular weight excluding hydrogens is 286 g/mol. The lowest BCUT2D eigenvalue weighted by Crippen LogP contribution is -2.43. The number of carbonyl (C=O) groups is 1. The molecule has 1 aromatic carbocycles. The molecule has 0 bridgehead atoms. The standard InChI is InChI=1S/C16H20ClN3O/c1-20-14-9-5-3-7-12(14)15(19-20)16(21)18-13-8-4-2-6-11(13)10-17/h3,5,7,9,11,13H,2,4,6,8,10H2,1H3,(H,18,21). The highest BCUT2D eigenvalue weighted by molar-refractivity contribution is 6.18. The number of nitrogens with one attached hydrogen (secondary N) is 1. The van der Waals surface area contributed by atoms with Crippen LogP contribution in [0, 0.1) is 5.92 Å². The lowest BCUT2D eigenvalue weighted by atomic mass is 9.85. The summed E-state index contributed by atoms with van der Waals surface area (Å²) in [6.07, 6.45) is 4.46. The molecule has 2 unspecified atom stereocenters. The maximum atomic E-state index is 12.6. The van der Waals surface area contributed by atoms with Gasteiger partial charge in [-0.3, -0.25) is 9.48 Å². The average Bonchev–Trinajstić information content (AvgIpc) is 2.86. The minimum absolute atomic E-state index is 0.0891. The number of hydrogen-bond acceptors (Lipinski definition) is 2. The molecule has 5 heteroatoms. The van der Waals surface area contributed by atoms with Gasteiger partial charge in [0.05, 0.1) is 5.52 Å². The summed E-state index contributed by atoms with van der Waals surface area (Å²) in [5, 5.41) is 8.42. The normalized spacial score (nSPS) is 22.4. The van der Waals surface area contributed by atoms with Crippen molar-refractivity contribution in [2.75, 3.05) is 5.88 Å². The number of para-hydroxylation sites is 1. The van der Waals surface area contributed by atoms with Crippen molar-refractivity contribution < 1.29 is 4.79 Å². The van der Waals surface area contributed by atoms with E-state index < -0.39 is 0 Å². The minimum atomic E-state index is -0.0891. The summed E-state index contributed by atoms with van der Waals surface area (Å²) in [6.45, 7) is 0. The molecule has 1 fully saturated rings. The molecule has 21 heavy (non-hydrogen) atoms. The Kier molecular flexibility index (Phi) is 4.15. The fourth-order valence-electron chi connectivity index (χ4n) is 3.20. The Hall–Kier alpha value is -1.55. The third kappa shape index (κ3) is 2.77. The molecule has 1 N–H and O–H groups in total. The highest BCUT2D eigenvalue weighted by atomic mass is 35.5. The number of carbonyl (C=O) groups excluding carboxylic acids is 1. The summed E-state index contributed by atoms with van der Waals surface area (Å²) >= 11 is 6.03. The van der Waals surface area contributed by atoms with Crippen molar-refractivity contribution in [1.82, 2.24) is 15.1 Å². The highest BCUT2D eigenvalue weighted by Crippen LogP contribution is 2.26. The first-order valence-corrected chi connectivity index (χ1v) is 8.02. The lowest BCUT2D eigenvalue weighted by Gasteiger charge is -2.30. The largest absolute Gasteiger partial charge is 0.348 e. The second-order valence-corrected chi connectivity index (χ2v) is 6.08. The van der Waals surface area contributed by atoms with Crippen LogP contribution in [0.3, 0.4) is 0 Å². The van der Waals surface area contributed by atoms with E-state index >= 15 is 0 Å². The van der Waals surface area contributed by atoms with Crippen LogP contribution in [0.5, 0.6) is 0 Å². The molecule has 0 spiro atoms. The van der Waals surface area contributed by atoms with Gasteiger partial charge < -0.3 is 5.32 Å². The third-order valence-electron chi connectivity index (χ3n) is 4.40. The van der Waals surface area contributed by atoms with Crippen LogP contribution in [0.1, 0.15) is 36.2 Å². The number of benzene rings is 1. The summed E-state index contributed by atoms with van der Waals surface area (Å²) < 4.78 is 1.75. The van der Waals surface area contributed by atoms with Crippen LogP contribution in [-0.2, 0) is 7.05 Å². The van der Waals surface area contributed by atoms with Crippen molar-refractivity contribution in [2.24, 2.45) is 13.0 Å². The molecule has 1 aromatic heterocycles. The zero-order chi connectivity index (χ0) is 14.8. The molecule has 0 radical (unpaired) electrons. The zero-order valence-electron chi connectivity index (χ0n) is 12.2. The number of aromatic nitrogens is 2. The molecule has 4 nitrogen and oxygen atoms in total. The molecule has 1 heterocycles.